The third-order valence-electron chi connectivity index (χ3n) is 2.89. The van der Waals surface area contributed by atoms with E-state index in [0.717, 1.165) is 17.7 Å². The van der Waals surface area contributed by atoms with Crippen molar-refractivity contribution in [1.82, 2.24) is 4.90 Å². The molecule has 0 aromatic heterocycles. The highest BCUT2D eigenvalue weighted by Gasteiger charge is 2.10. The van der Waals surface area contributed by atoms with Crippen LogP contribution >= 0.6 is 23.2 Å². The SMILES string of the molecule is CN(C)Cc1ccccc1-c1cc(Cl)c(N)c(Cl)c1. The summed E-state index contributed by atoms with van der Waals surface area (Å²) in [6.07, 6.45) is 0. The fraction of sp³-hybridized carbons (Fsp3) is 0.200. The molecule has 0 saturated carbocycles. The molecule has 100 valence electrons. The topological polar surface area (TPSA) is 29.3 Å². The third-order valence-corrected chi connectivity index (χ3v) is 3.52. The Labute approximate surface area is 123 Å². The minimum atomic E-state index is 0.428. The fourth-order valence-corrected chi connectivity index (χ4v) is 2.51. The first-order chi connectivity index (χ1) is 8.99. The van der Waals surface area contributed by atoms with Crippen molar-refractivity contribution < 1.29 is 0 Å². The standard InChI is InChI=1S/C15H16Cl2N2/c1-19(2)9-10-5-3-4-6-12(10)11-7-13(16)15(18)14(17)8-11/h3-8H,9,18H2,1-2H3. The van der Waals surface area contributed by atoms with Crippen molar-refractivity contribution in [3.05, 3.63) is 52.0 Å². The molecule has 0 saturated heterocycles. The first kappa shape index (κ1) is 14.2. The summed E-state index contributed by atoms with van der Waals surface area (Å²) in [4.78, 5) is 2.12. The molecule has 0 heterocycles. The van der Waals surface area contributed by atoms with Crippen LogP contribution in [0.15, 0.2) is 36.4 Å². The van der Waals surface area contributed by atoms with Crippen LogP contribution in [0, 0.1) is 0 Å². The van der Waals surface area contributed by atoms with Crippen LogP contribution in [0.25, 0.3) is 11.1 Å². The molecule has 0 aliphatic heterocycles. The normalized spacial score (nSPS) is 11.0. The van der Waals surface area contributed by atoms with Gasteiger partial charge in [0.2, 0.25) is 0 Å². The molecule has 2 aromatic rings. The molecule has 0 unspecified atom stereocenters. The van der Waals surface area contributed by atoms with Crippen molar-refractivity contribution >= 4 is 28.9 Å². The Morgan fingerprint density at radius 1 is 1.05 bits per heavy atom. The molecule has 0 radical (unpaired) electrons. The van der Waals surface area contributed by atoms with E-state index in [4.69, 9.17) is 28.9 Å². The van der Waals surface area contributed by atoms with E-state index < -0.39 is 0 Å². The minimum Gasteiger partial charge on any atom is -0.396 e. The highest BCUT2D eigenvalue weighted by molar-refractivity contribution is 6.39. The molecule has 19 heavy (non-hydrogen) atoms. The van der Waals surface area contributed by atoms with Crippen LogP contribution in [0.3, 0.4) is 0 Å². The minimum absolute atomic E-state index is 0.428. The lowest BCUT2D eigenvalue weighted by Gasteiger charge is -2.15. The van der Waals surface area contributed by atoms with Gasteiger partial charge in [-0.25, -0.2) is 0 Å². The maximum Gasteiger partial charge on any atom is 0.0693 e. The second kappa shape index (κ2) is 5.83. The Balaban J connectivity index is 2.53. The summed E-state index contributed by atoms with van der Waals surface area (Å²) in [5.41, 5.74) is 9.54. The van der Waals surface area contributed by atoms with Crippen molar-refractivity contribution in [3.8, 4) is 11.1 Å². The average Bonchev–Trinajstić information content (AvgIpc) is 2.35. The van der Waals surface area contributed by atoms with E-state index in [1.54, 1.807) is 0 Å². The zero-order valence-electron chi connectivity index (χ0n) is 11.0. The van der Waals surface area contributed by atoms with Gasteiger partial charge >= 0.3 is 0 Å². The summed E-state index contributed by atoms with van der Waals surface area (Å²) in [5.74, 6) is 0. The summed E-state index contributed by atoms with van der Waals surface area (Å²) in [6.45, 7) is 0.857. The van der Waals surface area contributed by atoms with Crippen molar-refractivity contribution in [2.24, 2.45) is 0 Å². The maximum atomic E-state index is 6.11. The van der Waals surface area contributed by atoms with Crippen LogP contribution in [0.1, 0.15) is 5.56 Å². The average molecular weight is 295 g/mol. The predicted molar refractivity (Wildman–Crippen MR) is 83.7 cm³/mol. The van der Waals surface area contributed by atoms with Crippen LogP contribution < -0.4 is 5.73 Å². The first-order valence-corrected chi connectivity index (χ1v) is 6.72. The number of nitrogens with two attached hydrogens (primary N) is 1. The highest BCUT2D eigenvalue weighted by atomic mass is 35.5. The van der Waals surface area contributed by atoms with Crippen molar-refractivity contribution in [3.63, 3.8) is 0 Å². The Bertz CT molecular complexity index is 571. The van der Waals surface area contributed by atoms with Crippen molar-refractivity contribution in [1.29, 1.82) is 0 Å². The van der Waals surface area contributed by atoms with Gasteiger partial charge in [0.1, 0.15) is 0 Å². The molecule has 2 aromatic carbocycles. The molecule has 0 spiro atoms. The largest absolute Gasteiger partial charge is 0.396 e. The van der Waals surface area contributed by atoms with E-state index in [2.05, 4.69) is 17.0 Å². The molecule has 4 heteroatoms. The molecular formula is C15H16Cl2N2. The zero-order valence-corrected chi connectivity index (χ0v) is 12.5. The van der Waals surface area contributed by atoms with Gasteiger partial charge in [0.15, 0.2) is 0 Å². The Morgan fingerprint density at radius 2 is 1.63 bits per heavy atom. The van der Waals surface area contributed by atoms with Crippen LogP contribution in [0.4, 0.5) is 5.69 Å². The van der Waals surface area contributed by atoms with Gasteiger partial charge in [0.25, 0.3) is 0 Å². The molecule has 0 amide bonds. The molecule has 2 rings (SSSR count). The third kappa shape index (κ3) is 3.21. The number of nitrogen functional groups attached to an aromatic ring is 1. The van der Waals surface area contributed by atoms with Crippen LogP contribution in [-0.4, -0.2) is 19.0 Å². The lowest BCUT2D eigenvalue weighted by molar-refractivity contribution is 0.403. The summed E-state index contributed by atoms with van der Waals surface area (Å²) in [6, 6.07) is 11.9. The van der Waals surface area contributed by atoms with Crippen molar-refractivity contribution in [2.45, 2.75) is 6.54 Å². The summed E-state index contributed by atoms with van der Waals surface area (Å²) >= 11 is 12.2. The summed E-state index contributed by atoms with van der Waals surface area (Å²) in [5, 5.41) is 0.976. The zero-order chi connectivity index (χ0) is 14.0. The van der Waals surface area contributed by atoms with E-state index in [-0.39, 0.29) is 0 Å². The molecule has 0 aliphatic rings. The Kier molecular flexibility index (Phi) is 4.35. The van der Waals surface area contributed by atoms with Crippen LogP contribution in [0.5, 0.6) is 0 Å². The van der Waals surface area contributed by atoms with E-state index in [1.165, 1.54) is 5.56 Å². The van der Waals surface area contributed by atoms with E-state index >= 15 is 0 Å². The molecule has 0 aliphatic carbocycles. The van der Waals surface area contributed by atoms with Gasteiger partial charge in [-0.15, -0.1) is 0 Å². The fourth-order valence-electron chi connectivity index (χ4n) is 2.02. The van der Waals surface area contributed by atoms with Gasteiger partial charge in [-0.1, -0.05) is 47.5 Å². The molecule has 2 nitrogen and oxygen atoms in total. The van der Waals surface area contributed by atoms with Gasteiger partial charge in [0.05, 0.1) is 15.7 Å². The number of hydrogen-bond acceptors (Lipinski definition) is 2. The number of halogens is 2. The monoisotopic (exact) mass is 294 g/mol. The Morgan fingerprint density at radius 3 is 2.21 bits per heavy atom. The van der Waals surface area contributed by atoms with Gasteiger partial charge < -0.3 is 10.6 Å². The van der Waals surface area contributed by atoms with Gasteiger partial charge in [-0.3, -0.25) is 0 Å². The first-order valence-electron chi connectivity index (χ1n) is 5.96. The number of hydrogen-bond donors (Lipinski definition) is 1. The smallest absolute Gasteiger partial charge is 0.0693 e. The Hall–Kier alpha value is -1.22. The number of benzene rings is 2. The van der Waals surface area contributed by atoms with Gasteiger partial charge in [-0.2, -0.15) is 0 Å². The summed E-state index contributed by atoms with van der Waals surface area (Å²) in [7, 11) is 4.08. The number of anilines is 1. The van der Waals surface area contributed by atoms with E-state index in [1.807, 2.05) is 38.4 Å². The predicted octanol–water partition coefficient (Wildman–Crippen LogP) is 4.30. The van der Waals surface area contributed by atoms with Crippen LogP contribution in [0.2, 0.25) is 10.0 Å². The number of rotatable bonds is 3. The van der Waals surface area contributed by atoms with Crippen molar-refractivity contribution in [2.75, 3.05) is 19.8 Å². The van der Waals surface area contributed by atoms with E-state index in [9.17, 15) is 0 Å². The second-order valence-electron chi connectivity index (χ2n) is 4.75. The molecule has 0 fully saturated rings. The highest BCUT2D eigenvalue weighted by Crippen LogP contribution is 2.34. The van der Waals surface area contributed by atoms with Gasteiger partial charge in [0, 0.05) is 6.54 Å². The van der Waals surface area contributed by atoms with Crippen LogP contribution in [-0.2, 0) is 6.54 Å². The second-order valence-corrected chi connectivity index (χ2v) is 5.56. The number of nitrogens with zero attached hydrogens (tertiary/aromatic N) is 1. The lowest BCUT2D eigenvalue weighted by atomic mass is 9.99. The molecule has 0 bridgehead atoms. The summed E-state index contributed by atoms with van der Waals surface area (Å²) < 4.78 is 0. The molecular weight excluding hydrogens is 279 g/mol. The molecule has 2 N–H and O–H groups in total. The lowest BCUT2D eigenvalue weighted by Crippen LogP contribution is -2.11. The quantitative estimate of drug-likeness (QED) is 0.855. The van der Waals surface area contributed by atoms with Gasteiger partial charge in [-0.05, 0) is 42.9 Å². The maximum absolute atomic E-state index is 6.11. The molecule has 0 atom stereocenters. The van der Waals surface area contributed by atoms with E-state index in [0.29, 0.717) is 15.7 Å².